The highest BCUT2D eigenvalue weighted by molar-refractivity contribution is 5.73. The van der Waals surface area contributed by atoms with Crippen molar-refractivity contribution in [1.82, 2.24) is 5.32 Å². The number of carbonyl (C=O) groups is 2. The fourth-order valence-electron chi connectivity index (χ4n) is 1.74. The maximum atomic E-state index is 11.5. The molecule has 1 amide bonds. The summed E-state index contributed by atoms with van der Waals surface area (Å²) in [6.45, 7) is 6.51. The third-order valence-electron chi connectivity index (χ3n) is 2.61. The molecule has 0 aliphatic carbocycles. The van der Waals surface area contributed by atoms with E-state index in [0.29, 0.717) is 19.8 Å². The largest absolute Gasteiger partial charge is 0.469 e. The van der Waals surface area contributed by atoms with Crippen LogP contribution < -0.4 is 5.32 Å². The Morgan fingerprint density at radius 1 is 1.33 bits per heavy atom. The van der Waals surface area contributed by atoms with Gasteiger partial charge in [0, 0.05) is 12.5 Å². The molecule has 0 aromatic rings. The molecule has 1 fully saturated rings. The molecule has 0 aromatic heterocycles. The van der Waals surface area contributed by atoms with Gasteiger partial charge in [-0.05, 0) is 20.8 Å². The Morgan fingerprint density at radius 2 is 2.00 bits per heavy atom. The van der Waals surface area contributed by atoms with Gasteiger partial charge < -0.3 is 19.5 Å². The Hall–Kier alpha value is -1.30. The molecule has 1 heterocycles. The number of nitrogens with one attached hydrogen (secondary N) is 1. The first kappa shape index (κ1) is 14.8. The second-order valence-corrected chi connectivity index (χ2v) is 5.31. The highest BCUT2D eigenvalue weighted by atomic mass is 16.6. The summed E-state index contributed by atoms with van der Waals surface area (Å²) in [5.41, 5.74) is -0.530. The molecule has 1 aliphatic rings. The molecule has 18 heavy (non-hydrogen) atoms. The normalized spacial score (nSPS) is 23.6. The van der Waals surface area contributed by atoms with Crippen molar-refractivity contribution >= 4 is 12.1 Å². The van der Waals surface area contributed by atoms with E-state index in [1.807, 2.05) is 0 Å². The van der Waals surface area contributed by atoms with Crippen molar-refractivity contribution in [3.05, 3.63) is 0 Å². The van der Waals surface area contributed by atoms with E-state index in [9.17, 15) is 9.59 Å². The summed E-state index contributed by atoms with van der Waals surface area (Å²) in [5.74, 6) is -0.682. The average molecular weight is 259 g/mol. The SMILES string of the molecule is COC(=O)[C@@H]1COC[C@H]1CNC(=O)OC(C)(C)C. The van der Waals surface area contributed by atoms with E-state index in [1.165, 1.54) is 7.11 Å². The molecule has 1 saturated heterocycles. The fraction of sp³-hybridized carbons (Fsp3) is 0.833. The Morgan fingerprint density at radius 3 is 2.56 bits per heavy atom. The standard InChI is InChI=1S/C12H21NO5/c1-12(2,3)18-11(15)13-5-8-6-17-7-9(8)10(14)16-4/h8-9H,5-7H2,1-4H3,(H,13,15)/t8-,9-/m1/s1. The lowest BCUT2D eigenvalue weighted by Crippen LogP contribution is -2.38. The molecule has 0 bridgehead atoms. The minimum Gasteiger partial charge on any atom is -0.469 e. The molecule has 0 spiro atoms. The number of esters is 1. The molecular formula is C12H21NO5. The van der Waals surface area contributed by atoms with Crippen LogP contribution in [-0.4, -0.2) is 44.5 Å². The molecule has 1 N–H and O–H groups in total. The first-order valence-electron chi connectivity index (χ1n) is 5.96. The van der Waals surface area contributed by atoms with Gasteiger partial charge in [0.05, 0.1) is 26.2 Å². The molecule has 104 valence electrons. The highest BCUT2D eigenvalue weighted by Gasteiger charge is 2.35. The van der Waals surface area contributed by atoms with E-state index >= 15 is 0 Å². The minimum atomic E-state index is -0.530. The molecule has 1 aliphatic heterocycles. The van der Waals surface area contributed by atoms with E-state index in [2.05, 4.69) is 10.1 Å². The maximum absolute atomic E-state index is 11.5. The molecule has 6 heteroatoms. The Bertz CT molecular complexity index is 310. The van der Waals surface area contributed by atoms with Crippen LogP contribution in [0, 0.1) is 11.8 Å². The van der Waals surface area contributed by atoms with Crippen LogP contribution in [-0.2, 0) is 19.0 Å². The van der Waals surface area contributed by atoms with E-state index in [0.717, 1.165) is 0 Å². The summed E-state index contributed by atoms with van der Waals surface area (Å²) >= 11 is 0. The molecule has 6 nitrogen and oxygen atoms in total. The number of amides is 1. The van der Waals surface area contributed by atoms with Crippen LogP contribution >= 0.6 is 0 Å². The first-order valence-corrected chi connectivity index (χ1v) is 5.96. The Kier molecular flexibility index (Phi) is 4.95. The zero-order chi connectivity index (χ0) is 13.8. The monoisotopic (exact) mass is 259 g/mol. The molecule has 0 unspecified atom stereocenters. The molecular weight excluding hydrogens is 238 g/mol. The predicted molar refractivity (Wildman–Crippen MR) is 64.1 cm³/mol. The van der Waals surface area contributed by atoms with Gasteiger partial charge in [0.25, 0.3) is 0 Å². The van der Waals surface area contributed by atoms with Crippen LogP contribution in [0.1, 0.15) is 20.8 Å². The van der Waals surface area contributed by atoms with E-state index in [-0.39, 0.29) is 17.8 Å². The zero-order valence-corrected chi connectivity index (χ0v) is 11.3. The van der Waals surface area contributed by atoms with Gasteiger partial charge in [-0.1, -0.05) is 0 Å². The summed E-state index contributed by atoms with van der Waals surface area (Å²) < 4.78 is 15.0. The van der Waals surface area contributed by atoms with Gasteiger partial charge in [-0.25, -0.2) is 4.79 Å². The van der Waals surface area contributed by atoms with Gasteiger partial charge in [0.1, 0.15) is 5.60 Å². The summed E-state index contributed by atoms with van der Waals surface area (Å²) in [6, 6.07) is 0. The summed E-state index contributed by atoms with van der Waals surface area (Å²) in [6.07, 6.45) is -0.488. The van der Waals surface area contributed by atoms with Crippen LogP contribution in [0.15, 0.2) is 0 Å². The number of carbonyl (C=O) groups excluding carboxylic acids is 2. The van der Waals surface area contributed by atoms with Gasteiger partial charge in [-0.2, -0.15) is 0 Å². The number of hydrogen-bond donors (Lipinski definition) is 1. The number of ether oxygens (including phenoxy) is 3. The van der Waals surface area contributed by atoms with Crippen LogP contribution in [0.5, 0.6) is 0 Å². The average Bonchev–Trinajstić information content (AvgIpc) is 2.71. The molecule has 0 radical (unpaired) electrons. The molecule has 1 rings (SSSR count). The van der Waals surface area contributed by atoms with Gasteiger partial charge in [0.2, 0.25) is 0 Å². The van der Waals surface area contributed by atoms with E-state index in [1.54, 1.807) is 20.8 Å². The summed E-state index contributed by atoms with van der Waals surface area (Å²) in [7, 11) is 1.35. The third kappa shape index (κ3) is 4.52. The smallest absolute Gasteiger partial charge is 0.407 e. The van der Waals surface area contributed by atoms with E-state index < -0.39 is 11.7 Å². The van der Waals surface area contributed by atoms with Crippen molar-refractivity contribution in [3.8, 4) is 0 Å². The van der Waals surface area contributed by atoms with Crippen molar-refractivity contribution < 1.29 is 23.8 Å². The summed E-state index contributed by atoms with van der Waals surface area (Å²) in [5, 5.41) is 2.64. The topological polar surface area (TPSA) is 73.9 Å². The van der Waals surface area contributed by atoms with Crippen LogP contribution in [0.3, 0.4) is 0 Å². The predicted octanol–water partition coefficient (Wildman–Crippen LogP) is 0.947. The highest BCUT2D eigenvalue weighted by Crippen LogP contribution is 2.21. The maximum Gasteiger partial charge on any atom is 0.407 e. The van der Waals surface area contributed by atoms with Crippen molar-refractivity contribution in [2.24, 2.45) is 11.8 Å². The Balaban J connectivity index is 2.38. The first-order chi connectivity index (χ1) is 8.33. The molecule has 0 aromatic carbocycles. The number of methoxy groups -OCH3 is 1. The number of hydrogen-bond acceptors (Lipinski definition) is 5. The van der Waals surface area contributed by atoms with E-state index in [4.69, 9.17) is 9.47 Å². The van der Waals surface area contributed by atoms with Crippen molar-refractivity contribution in [3.63, 3.8) is 0 Å². The Labute approximate surface area is 107 Å². The second kappa shape index (κ2) is 6.04. The van der Waals surface area contributed by atoms with Gasteiger partial charge in [-0.15, -0.1) is 0 Å². The number of alkyl carbamates (subject to hydrolysis) is 1. The van der Waals surface area contributed by atoms with Gasteiger partial charge >= 0.3 is 12.1 Å². The lowest BCUT2D eigenvalue weighted by Gasteiger charge is -2.21. The van der Waals surface area contributed by atoms with Crippen molar-refractivity contribution in [2.45, 2.75) is 26.4 Å². The minimum absolute atomic E-state index is 0.0648. The van der Waals surface area contributed by atoms with Crippen LogP contribution in [0.4, 0.5) is 4.79 Å². The fourth-order valence-corrected chi connectivity index (χ4v) is 1.74. The summed E-state index contributed by atoms with van der Waals surface area (Å²) in [4.78, 5) is 22.9. The quantitative estimate of drug-likeness (QED) is 0.764. The molecule has 2 atom stereocenters. The zero-order valence-electron chi connectivity index (χ0n) is 11.3. The molecule has 0 saturated carbocycles. The number of rotatable bonds is 3. The van der Waals surface area contributed by atoms with Gasteiger partial charge in [0.15, 0.2) is 0 Å². The van der Waals surface area contributed by atoms with Crippen molar-refractivity contribution in [1.29, 1.82) is 0 Å². The van der Waals surface area contributed by atoms with Crippen molar-refractivity contribution in [2.75, 3.05) is 26.9 Å². The third-order valence-corrected chi connectivity index (χ3v) is 2.61. The lowest BCUT2D eigenvalue weighted by molar-refractivity contribution is -0.146. The van der Waals surface area contributed by atoms with Crippen LogP contribution in [0.25, 0.3) is 0 Å². The van der Waals surface area contributed by atoms with Gasteiger partial charge in [-0.3, -0.25) is 4.79 Å². The second-order valence-electron chi connectivity index (χ2n) is 5.31. The van der Waals surface area contributed by atoms with Crippen LogP contribution in [0.2, 0.25) is 0 Å². The lowest BCUT2D eigenvalue weighted by atomic mass is 9.96.